The van der Waals surface area contributed by atoms with Crippen molar-refractivity contribution in [3.8, 4) is 0 Å². The SMILES string of the molecule is CC(C)CN1CCC(CNC(=O)CC2(O)CCCCC2)C1. The fourth-order valence-electron chi connectivity index (χ4n) is 3.77. The van der Waals surface area contributed by atoms with Gasteiger partial charge in [-0.25, -0.2) is 0 Å². The molecule has 4 heteroatoms. The van der Waals surface area contributed by atoms with Gasteiger partial charge in [0, 0.05) is 19.6 Å². The van der Waals surface area contributed by atoms with Gasteiger partial charge in [0.1, 0.15) is 0 Å². The Hall–Kier alpha value is -0.610. The molecule has 1 amide bonds. The molecule has 2 rings (SSSR count). The number of carbonyl (C=O) groups excluding carboxylic acids is 1. The van der Waals surface area contributed by atoms with Crippen LogP contribution < -0.4 is 5.32 Å². The molecule has 0 aromatic rings. The smallest absolute Gasteiger partial charge is 0.222 e. The zero-order valence-electron chi connectivity index (χ0n) is 13.7. The predicted octanol–water partition coefficient (Wildman–Crippen LogP) is 2.17. The fourth-order valence-corrected chi connectivity index (χ4v) is 3.77. The number of aliphatic hydroxyl groups is 1. The molecule has 21 heavy (non-hydrogen) atoms. The first kappa shape index (κ1) is 16.8. The number of hydrogen-bond acceptors (Lipinski definition) is 3. The maximum atomic E-state index is 12.0. The largest absolute Gasteiger partial charge is 0.389 e. The molecule has 1 atom stereocenters. The van der Waals surface area contributed by atoms with Crippen LogP contribution in [0.25, 0.3) is 0 Å². The van der Waals surface area contributed by atoms with Crippen LogP contribution in [0.1, 0.15) is 58.8 Å². The number of rotatable bonds is 6. The predicted molar refractivity (Wildman–Crippen MR) is 85.0 cm³/mol. The number of hydrogen-bond donors (Lipinski definition) is 2. The summed E-state index contributed by atoms with van der Waals surface area (Å²) in [5, 5.41) is 13.5. The summed E-state index contributed by atoms with van der Waals surface area (Å²) in [7, 11) is 0. The fraction of sp³-hybridized carbons (Fsp3) is 0.941. The highest BCUT2D eigenvalue weighted by Crippen LogP contribution is 2.30. The zero-order chi connectivity index (χ0) is 15.3. The van der Waals surface area contributed by atoms with Crippen LogP contribution in [0.3, 0.4) is 0 Å². The van der Waals surface area contributed by atoms with E-state index in [9.17, 15) is 9.90 Å². The van der Waals surface area contributed by atoms with Gasteiger partial charge in [0.25, 0.3) is 0 Å². The molecule has 0 spiro atoms. The standard InChI is InChI=1S/C17H32N2O2/c1-14(2)12-19-9-6-15(13-19)11-18-16(20)10-17(21)7-4-3-5-8-17/h14-15,21H,3-13H2,1-2H3,(H,18,20). The van der Waals surface area contributed by atoms with Crippen LogP contribution in [0.5, 0.6) is 0 Å². The summed E-state index contributed by atoms with van der Waals surface area (Å²) < 4.78 is 0. The highest BCUT2D eigenvalue weighted by molar-refractivity contribution is 5.77. The molecule has 1 saturated carbocycles. The van der Waals surface area contributed by atoms with Gasteiger partial charge >= 0.3 is 0 Å². The lowest BCUT2D eigenvalue weighted by Crippen LogP contribution is -2.40. The number of carbonyl (C=O) groups is 1. The maximum absolute atomic E-state index is 12.0. The van der Waals surface area contributed by atoms with Crippen molar-refractivity contribution >= 4 is 5.91 Å². The molecule has 4 nitrogen and oxygen atoms in total. The molecular weight excluding hydrogens is 264 g/mol. The molecule has 2 N–H and O–H groups in total. The maximum Gasteiger partial charge on any atom is 0.222 e. The summed E-state index contributed by atoms with van der Waals surface area (Å²) in [6.45, 7) is 8.68. The van der Waals surface area contributed by atoms with E-state index in [0.29, 0.717) is 11.8 Å². The van der Waals surface area contributed by atoms with Crippen LogP contribution in [0.2, 0.25) is 0 Å². The Bertz CT molecular complexity index is 338. The third-order valence-corrected chi connectivity index (χ3v) is 4.86. The first-order valence-corrected chi connectivity index (χ1v) is 8.68. The Kier molecular flexibility index (Phi) is 6.06. The van der Waals surface area contributed by atoms with Crippen LogP contribution in [0.15, 0.2) is 0 Å². The molecule has 1 saturated heterocycles. The van der Waals surface area contributed by atoms with E-state index in [2.05, 4.69) is 24.1 Å². The van der Waals surface area contributed by atoms with Crippen LogP contribution >= 0.6 is 0 Å². The van der Waals surface area contributed by atoms with Crippen molar-refractivity contribution in [2.45, 2.75) is 64.4 Å². The van der Waals surface area contributed by atoms with Gasteiger partial charge in [-0.05, 0) is 37.6 Å². The minimum Gasteiger partial charge on any atom is -0.389 e. The van der Waals surface area contributed by atoms with Crippen LogP contribution in [-0.4, -0.2) is 47.7 Å². The van der Waals surface area contributed by atoms with Crippen molar-refractivity contribution in [2.24, 2.45) is 11.8 Å². The Morgan fingerprint density at radius 2 is 2.05 bits per heavy atom. The van der Waals surface area contributed by atoms with Crippen molar-refractivity contribution in [3.63, 3.8) is 0 Å². The number of nitrogens with one attached hydrogen (secondary N) is 1. The third-order valence-electron chi connectivity index (χ3n) is 4.86. The van der Waals surface area contributed by atoms with Crippen LogP contribution in [0, 0.1) is 11.8 Å². The molecule has 1 aliphatic carbocycles. The first-order valence-electron chi connectivity index (χ1n) is 8.68. The molecule has 1 heterocycles. The van der Waals surface area contributed by atoms with E-state index < -0.39 is 5.60 Å². The average molecular weight is 296 g/mol. The second-order valence-electron chi connectivity index (χ2n) is 7.57. The number of amides is 1. The average Bonchev–Trinajstić information content (AvgIpc) is 2.83. The minimum absolute atomic E-state index is 0.0294. The van der Waals surface area contributed by atoms with Gasteiger partial charge in [-0.2, -0.15) is 0 Å². The Morgan fingerprint density at radius 1 is 1.33 bits per heavy atom. The molecule has 0 aromatic heterocycles. The summed E-state index contributed by atoms with van der Waals surface area (Å²) in [6, 6.07) is 0. The summed E-state index contributed by atoms with van der Waals surface area (Å²) in [5.41, 5.74) is -0.734. The van der Waals surface area contributed by atoms with E-state index in [4.69, 9.17) is 0 Å². The molecule has 0 aromatic carbocycles. The summed E-state index contributed by atoms with van der Waals surface area (Å²) >= 11 is 0. The second-order valence-corrected chi connectivity index (χ2v) is 7.57. The van der Waals surface area contributed by atoms with Crippen LogP contribution in [-0.2, 0) is 4.79 Å². The molecular formula is C17H32N2O2. The van der Waals surface area contributed by atoms with Gasteiger partial charge < -0.3 is 15.3 Å². The van der Waals surface area contributed by atoms with E-state index >= 15 is 0 Å². The van der Waals surface area contributed by atoms with Gasteiger partial charge in [0.2, 0.25) is 5.91 Å². The second kappa shape index (κ2) is 7.59. The molecule has 122 valence electrons. The summed E-state index contributed by atoms with van der Waals surface area (Å²) in [5.74, 6) is 1.31. The lowest BCUT2D eigenvalue weighted by molar-refractivity contribution is -0.127. The molecule has 1 unspecified atom stereocenters. The summed E-state index contributed by atoms with van der Waals surface area (Å²) in [6.07, 6.45) is 6.33. The highest BCUT2D eigenvalue weighted by Gasteiger charge is 2.32. The molecule has 0 bridgehead atoms. The third kappa shape index (κ3) is 5.59. The monoisotopic (exact) mass is 296 g/mol. The lowest BCUT2D eigenvalue weighted by Gasteiger charge is -2.31. The molecule has 0 radical (unpaired) electrons. The number of nitrogens with zero attached hydrogens (tertiary/aromatic N) is 1. The van der Waals surface area contributed by atoms with Gasteiger partial charge in [-0.1, -0.05) is 33.1 Å². The number of likely N-dealkylation sites (tertiary alicyclic amines) is 1. The van der Waals surface area contributed by atoms with Crippen molar-refractivity contribution in [3.05, 3.63) is 0 Å². The van der Waals surface area contributed by atoms with Crippen LogP contribution in [0.4, 0.5) is 0 Å². The van der Waals surface area contributed by atoms with Crippen molar-refractivity contribution in [1.29, 1.82) is 0 Å². The van der Waals surface area contributed by atoms with E-state index in [1.807, 2.05) is 0 Å². The van der Waals surface area contributed by atoms with E-state index in [1.165, 1.54) is 12.8 Å². The summed E-state index contributed by atoms with van der Waals surface area (Å²) in [4.78, 5) is 14.5. The Morgan fingerprint density at radius 3 is 2.71 bits per heavy atom. The van der Waals surface area contributed by atoms with Crippen molar-refractivity contribution < 1.29 is 9.90 Å². The quantitative estimate of drug-likeness (QED) is 0.790. The molecule has 1 aliphatic heterocycles. The van der Waals surface area contributed by atoms with Crippen molar-refractivity contribution in [2.75, 3.05) is 26.2 Å². The first-order chi connectivity index (χ1) is 9.97. The minimum atomic E-state index is -0.734. The highest BCUT2D eigenvalue weighted by atomic mass is 16.3. The normalized spacial score (nSPS) is 26.2. The van der Waals surface area contributed by atoms with Gasteiger partial charge in [0.05, 0.1) is 12.0 Å². The zero-order valence-corrected chi connectivity index (χ0v) is 13.7. The van der Waals surface area contributed by atoms with Gasteiger partial charge in [0.15, 0.2) is 0 Å². The Balaban J connectivity index is 1.65. The Labute approximate surface area is 129 Å². The van der Waals surface area contributed by atoms with E-state index in [1.54, 1.807) is 0 Å². The molecule has 2 fully saturated rings. The van der Waals surface area contributed by atoms with E-state index in [0.717, 1.165) is 51.9 Å². The van der Waals surface area contributed by atoms with E-state index in [-0.39, 0.29) is 12.3 Å². The topological polar surface area (TPSA) is 52.6 Å². The van der Waals surface area contributed by atoms with Gasteiger partial charge in [-0.3, -0.25) is 4.79 Å². The van der Waals surface area contributed by atoms with Gasteiger partial charge in [-0.15, -0.1) is 0 Å². The molecule has 2 aliphatic rings. The lowest BCUT2D eigenvalue weighted by atomic mass is 9.82. The van der Waals surface area contributed by atoms with Crippen molar-refractivity contribution in [1.82, 2.24) is 10.2 Å².